The van der Waals surface area contributed by atoms with E-state index in [0.29, 0.717) is 6.42 Å². The molecule has 1 aromatic rings. The Hall–Kier alpha value is -1.02. The van der Waals surface area contributed by atoms with Crippen LogP contribution in [0.1, 0.15) is 12.5 Å². The van der Waals surface area contributed by atoms with E-state index >= 15 is 0 Å². The molecule has 0 amide bonds. The van der Waals surface area contributed by atoms with E-state index < -0.39 is 0 Å². The minimum atomic E-state index is -0.320. The molecule has 0 radical (unpaired) electrons. The lowest BCUT2D eigenvalue weighted by Gasteiger charge is -2.03. The fourth-order valence-electron chi connectivity index (χ4n) is 0.973. The van der Waals surface area contributed by atoms with E-state index in [-0.39, 0.29) is 11.9 Å². The number of hydrogen-bond donors (Lipinski definition) is 2. The number of hydrogen-bond acceptors (Lipinski definition) is 2. The van der Waals surface area contributed by atoms with E-state index in [1.807, 2.05) is 12.1 Å². The zero-order valence-corrected chi connectivity index (χ0v) is 6.49. The second kappa shape index (κ2) is 3.39. The first-order valence-corrected chi connectivity index (χ1v) is 3.64. The van der Waals surface area contributed by atoms with Gasteiger partial charge in [-0.25, -0.2) is 0 Å². The number of benzene rings is 1. The molecule has 0 heterocycles. The molecule has 1 rings (SSSR count). The number of rotatable bonds is 2. The quantitative estimate of drug-likeness (QED) is 0.671. The summed E-state index contributed by atoms with van der Waals surface area (Å²) in [4.78, 5) is 0. The maximum Gasteiger partial charge on any atom is 0.115 e. The molecule has 2 nitrogen and oxygen atoms in total. The topological polar surface area (TPSA) is 40.5 Å². The van der Waals surface area contributed by atoms with Gasteiger partial charge in [0.05, 0.1) is 6.10 Å². The highest BCUT2D eigenvalue weighted by atomic mass is 16.3. The van der Waals surface area contributed by atoms with Crippen molar-refractivity contribution in [3.05, 3.63) is 29.8 Å². The molecular weight excluding hydrogens is 140 g/mol. The largest absolute Gasteiger partial charge is 0.508 e. The van der Waals surface area contributed by atoms with E-state index in [9.17, 15) is 0 Å². The molecule has 0 saturated carbocycles. The average molecular weight is 152 g/mol. The highest BCUT2D eigenvalue weighted by molar-refractivity contribution is 5.26. The fourth-order valence-corrected chi connectivity index (χ4v) is 0.973. The van der Waals surface area contributed by atoms with Crippen LogP contribution in [0.4, 0.5) is 0 Å². The predicted octanol–water partition coefficient (Wildman–Crippen LogP) is 1.32. The number of aromatic hydroxyl groups is 1. The van der Waals surface area contributed by atoms with Crippen molar-refractivity contribution in [3.8, 4) is 5.75 Å². The predicted molar refractivity (Wildman–Crippen MR) is 43.5 cm³/mol. The number of aliphatic hydroxyl groups excluding tert-OH is 1. The molecule has 0 bridgehead atoms. The first-order chi connectivity index (χ1) is 5.18. The second-order valence-electron chi connectivity index (χ2n) is 2.72. The van der Waals surface area contributed by atoms with Crippen LogP contribution in [-0.4, -0.2) is 16.3 Å². The van der Waals surface area contributed by atoms with Crippen molar-refractivity contribution in [1.29, 1.82) is 0 Å². The summed E-state index contributed by atoms with van der Waals surface area (Å²) in [6, 6.07) is 6.86. The highest BCUT2D eigenvalue weighted by Gasteiger charge is 1.97. The summed E-state index contributed by atoms with van der Waals surface area (Å²) >= 11 is 0. The van der Waals surface area contributed by atoms with Gasteiger partial charge in [-0.05, 0) is 31.0 Å². The van der Waals surface area contributed by atoms with Crippen molar-refractivity contribution in [2.75, 3.05) is 0 Å². The molecule has 11 heavy (non-hydrogen) atoms. The van der Waals surface area contributed by atoms with Gasteiger partial charge in [0.1, 0.15) is 5.75 Å². The van der Waals surface area contributed by atoms with E-state index in [4.69, 9.17) is 10.2 Å². The Morgan fingerprint density at radius 1 is 1.27 bits per heavy atom. The summed E-state index contributed by atoms with van der Waals surface area (Å²) in [5.74, 6) is 0.263. The maximum absolute atomic E-state index is 9.01. The Labute approximate surface area is 66.1 Å². The Morgan fingerprint density at radius 3 is 2.27 bits per heavy atom. The van der Waals surface area contributed by atoms with Crippen molar-refractivity contribution in [2.45, 2.75) is 19.4 Å². The van der Waals surface area contributed by atoms with E-state index in [1.54, 1.807) is 19.1 Å². The van der Waals surface area contributed by atoms with Crippen LogP contribution in [0.5, 0.6) is 5.75 Å². The van der Waals surface area contributed by atoms with Gasteiger partial charge in [0.25, 0.3) is 0 Å². The lowest BCUT2D eigenvalue weighted by atomic mass is 10.1. The van der Waals surface area contributed by atoms with Crippen LogP contribution in [0.2, 0.25) is 0 Å². The van der Waals surface area contributed by atoms with Crippen LogP contribution in [0.15, 0.2) is 24.3 Å². The molecule has 1 aromatic carbocycles. The third-order valence-electron chi connectivity index (χ3n) is 1.47. The molecule has 1 unspecified atom stereocenters. The van der Waals surface area contributed by atoms with Crippen LogP contribution in [0, 0.1) is 0 Å². The molecule has 0 spiro atoms. The first-order valence-electron chi connectivity index (χ1n) is 3.64. The smallest absolute Gasteiger partial charge is 0.115 e. The molecule has 0 fully saturated rings. The molecular formula is C9H12O2. The number of aliphatic hydroxyl groups is 1. The summed E-state index contributed by atoms with van der Waals surface area (Å²) in [6.07, 6.45) is 0.319. The van der Waals surface area contributed by atoms with E-state index in [2.05, 4.69) is 0 Å². The van der Waals surface area contributed by atoms with Crippen molar-refractivity contribution < 1.29 is 10.2 Å². The van der Waals surface area contributed by atoms with Gasteiger partial charge < -0.3 is 10.2 Å². The van der Waals surface area contributed by atoms with Crippen LogP contribution >= 0.6 is 0 Å². The van der Waals surface area contributed by atoms with E-state index in [1.165, 1.54) is 0 Å². The highest BCUT2D eigenvalue weighted by Crippen LogP contribution is 2.10. The molecule has 2 N–H and O–H groups in total. The zero-order chi connectivity index (χ0) is 8.27. The van der Waals surface area contributed by atoms with Gasteiger partial charge in [-0.15, -0.1) is 0 Å². The third-order valence-corrected chi connectivity index (χ3v) is 1.47. The lowest BCUT2D eigenvalue weighted by Crippen LogP contribution is -2.03. The van der Waals surface area contributed by atoms with E-state index in [0.717, 1.165) is 5.56 Å². The van der Waals surface area contributed by atoms with Crippen LogP contribution in [0.25, 0.3) is 0 Å². The lowest BCUT2D eigenvalue weighted by molar-refractivity contribution is 0.195. The molecule has 2 heteroatoms. The fraction of sp³-hybridized carbons (Fsp3) is 0.333. The Morgan fingerprint density at radius 2 is 1.82 bits per heavy atom. The SMILES string of the molecule is CC(O)Cc1ccc(O)cc1. The van der Waals surface area contributed by atoms with Gasteiger partial charge in [0.2, 0.25) is 0 Å². The van der Waals surface area contributed by atoms with Crippen molar-refractivity contribution in [2.24, 2.45) is 0 Å². The number of phenols is 1. The van der Waals surface area contributed by atoms with Gasteiger partial charge in [-0.2, -0.15) is 0 Å². The monoisotopic (exact) mass is 152 g/mol. The molecule has 0 aromatic heterocycles. The zero-order valence-electron chi connectivity index (χ0n) is 6.49. The maximum atomic E-state index is 9.01. The standard InChI is InChI=1S/C9H12O2/c1-7(10)6-8-2-4-9(11)5-3-8/h2-5,7,10-11H,6H2,1H3. The average Bonchev–Trinajstić information content (AvgIpc) is 1.93. The molecule has 0 aliphatic rings. The molecule has 0 aliphatic carbocycles. The van der Waals surface area contributed by atoms with Gasteiger partial charge >= 0.3 is 0 Å². The second-order valence-corrected chi connectivity index (χ2v) is 2.72. The van der Waals surface area contributed by atoms with Gasteiger partial charge in [0, 0.05) is 0 Å². The summed E-state index contributed by atoms with van der Waals surface area (Å²) in [5.41, 5.74) is 1.04. The first kappa shape index (κ1) is 8.08. The normalized spacial score (nSPS) is 12.9. The molecule has 60 valence electrons. The number of phenolic OH excluding ortho intramolecular Hbond substituents is 1. The van der Waals surface area contributed by atoms with Crippen LogP contribution < -0.4 is 0 Å². The molecule has 0 aliphatic heterocycles. The molecule has 0 saturated heterocycles. The Balaban J connectivity index is 2.66. The van der Waals surface area contributed by atoms with Gasteiger partial charge in [0.15, 0.2) is 0 Å². The van der Waals surface area contributed by atoms with Crippen LogP contribution in [0.3, 0.4) is 0 Å². The summed E-state index contributed by atoms with van der Waals surface area (Å²) < 4.78 is 0. The third kappa shape index (κ3) is 2.60. The minimum absolute atomic E-state index is 0.263. The Bertz CT molecular complexity index is 214. The molecule has 1 atom stereocenters. The van der Waals surface area contributed by atoms with Crippen LogP contribution in [-0.2, 0) is 6.42 Å². The van der Waals surface area contributed by atoms with Crippen molar-refractivity contribution in [1.82, 2.24) is 0 Å². The van der Waals surface area contributed by atoms with Gasteiger partial charge in [-0.1, -0.05) is 12.1 Å². The summed E-state index contributed by atoms with van der Waals surface area (Å²) in [7, 11) is 0. The van der Waals surface area contributed by atoms with Crippen molar-refractivity contribution in [3.63, 3.8) is 0 Å². The summed E-state index contributed by atoms with van der Waals surface area (Å²) in [6.45, 7) is 1.74. The Kier molecular flexibility index (Phi) is 2.49. The van der Waals surface area contributed by atoms with Crippen molar-refractivity contribution >= 4 is 0 Å². The minimum Gasteiger partial charge on any atom is -0.508 e. The summed E-state index contributed by atoms with van der Waals surface area (Å²) in [5, 5.41) is 17.9. The van der Waals surface area contributed by atoms with Gasteiger partial charge in [-0.3, -0.25) is 0 Å².